The van der Waals surface area contributed by atoms with Crippen molar-refractivity contribution >= 4 is 34.7 Å². The molecule has 1 atom stereocenters. The molecule has 1 aliphatic heterocycles. The van der Waals surface area contributed by atoms with E-state index in [0.29, 0.717) is 31.2 Å². The van der Waals surface area contributed by atoms with Gasteiger partial charge in [-0.15, -0.1) is 10.2 Å². The third kappa shape index (κ3) is 6.30. The zero-order valence-electron chi connectivity index (χ0n) is 17.6. The number of carbonyl (C=O) groups is 3. The Morgan fingerprint density at radius 2 is 1.90 bits per heavy atom. The van der Waals surface area contributed by atoms with E-state index in [2.05, 4.69) is 34.7 Å². The standard InChI is InChI=1S/C21H26FN5O3S/c1-13(2)9-10-23-17(28)14-4-3-11-27(12-14)21(30)20-26-25-19(31-20)18(29)24-16-7-5-15(22)6-8-16/h5-8,13-14H,3-4,9-12H2,1-2H3,(H,23,28)(H,24,29)/t14-/m1/s1. The van der Waals surface area contributed by atoms with Crippen LogP contribution in [0.4, 0.5) is 10.1 Å². The molecule has 2 aromatic rings. The molecule has 2 heterocycles. The Balaban J connectivity index is 1.57. The van der Waals surface area contributed by atoms with Gasteiger partial charge in [-0.1, -0.05) is 25.2 Å². The van der Waals surface area contributed by atoms with Crippen molar-refractivity contribution < 1.29 is 18.8 Å². The summed E-state index contributed by atoms with van der Waals surface area (Å²) in [6.07, 6.45) is 2.37. The lowest BCUT2D eigenvalue weighted by Gasteiger charge is -2.31. The lowest BCUT2D eigenvalue weighted by atomic mass is 9.97. The van der Waals surface area contributed by atoms with Gasteiger partial charge in [0.05, 0.1) is 5.92 Å². The fraction of sp³-hybridized carbons (Fsp3) is 0.476. The minimum atomic E-state index is -0.524. The topological polar surface area (TPSA) is 104 Å². The van der Waals surface area contributed by atoms with E-state index in [-0.39, 0.29) is 27.7 Å². The summed E-state index contributed by atoms with van der Waals surface area (Å²) in [5, 5.41) is 13.4. The highest BCUT2D eigenvalue weighted by Crippen LogP contribution is 2.21. The van der Waals surface area contributed by atoms with E-state index in [4.69, 9.17) is 0 Å². The zero-order chi connectivity index (χ0) is 22.4. The zero-order valence-corrected chi connectivity index (χ0v) is 18.4. The van der Waals surface area contributed by atoms with Crippen molar-refractivity contribution in [3.8, 4) is 0 Å². The van der Waals surface area contributed by atoms with Gasteiger partial charge < -0.3 is 15.5 Å². The molecule has 166 valence electrons. The molecule has 0 spiro atoms. The maximum atomic E-state index is 13.0. The minimum absolute atomic E-state index is 0.0326. The second-order valence-corrected chi connectivity index (χ2v) is 8.91. The summed E-state index contributed by atoms with van der Waals surface area (Å²) in [7, 11) is 0. The Hall–Kier alpha value is -2.88. The largest absolute Gasteiger partial charge is 0.356 e. The lowest BCUT2D eigenvalue weighted by Crippen LogP contribution is -2.45. The van der Waals surface area contributed by atoms with E-state index in [0.717, 1.165) is 30.6 Å². The molecule has 10 heteroatoms. The van der Waals surface area contributed by atoms with Crippen molar-refractivity contribution in [2.24, 2.45) is 11.8 Å². The second-order valence-electron chi connectivity index (χ2n) is 7.94. The van der Waals surface area contributed by atoms with E-state index in [1.54, 1.807) is 4.90 Å². The summed E-state index contributed by atoms with van der Waals surface area (Å²) in [6, 6.07) is 5.33. The van der Waals surface area contributed by atoms with Gasteiger partial charge in [-0.25, -0.2) is 4.39 Å². The number of aromatic nitrogens is 2. The summed E-state index contributed by atoms with van der Waals surface area (Å²) < 4.78 is 13.0. The molecular formula is C21H26FN5O3S. The molecule has 3 rings (SSSR count). The molecule has 1 saturated heterocycles. The quantitative estimate of drug-likeness (QED) is 0.679. The van der Waals surface area contributed by atoms with Crippen LogP contribution in [0.2, 0.25) is 0 Å². The third-order valence-corrected chi connectivity index (χ3v) is 5.91. The average Bonchev–Trinajstić information content (AvgIpc) is 3.25. The SMILES string of the molecule is CC(C)CCNC(=O)[C@@H]1CCCN(C(=O)c2nnc(C(=O)Nc3ccc(F)cc3)s2)C1. The van der Waals surface area contributed by atoms with Crippen LogP contribution in [-0.2, 0) is 4.79 Å². The highest BCUT2D eigenvalue weighted by atomic mass is 32.1. The summed E-state index contributed by atoms with van der Waals surface area (Å²) in [6.45, 7) is 5.69. The highest BCUT2D eigenvalue weighted by Gasteiger charge is 2.30. The van der Waals surface area contributed by atoms with E-state index in [9.17, 15) is 18.8 Å². The van der Waals surface area contributed by atoms with Crippen molar-refractivity contribution in [2.75, 3.05) is 25.0 Å². The summed E-state index contributed by atoms with van der Waals surface area (Å²) in [4.78, 5) is 39.2. The number of benzene rings is 1. The van der Waals surface area contributed by atoms with Crippen LogP contribution in [0.3, 0.4) is 0 Å². The van der Waals surface area contributed by atoms with Gasteiger partial charge >= 0.3 is 0 Å². The van der Waals surface area contributed by atoms with Gasteiger partial charge in [-0.3, -0.25) is 14.4 Å². The van der Waals surface area contributed by atoms with Crippen molar-refractivity contribution in [1.82, 2.24) is 20.4 Å². The molecule has 1 aromatic carbocycles. The lowest BCUT2D eigenvalue weighted by molar-refractivity contribution is -0.126. The Labute approximate surface area is 184 Å². The number of halogens is 1. The van der Waals surface area contributed by atoms with Gasteiger partial charge in [-0.2, -0.15) is 0 Å². The van der Waals surface area contributed by atoms with Crippen LogP contribution in [0.1, 0.15) is 52.7 Å². The van der Waals surface area contributed by atoms with Crippen LogP contribution in [0.5, 0.6) is 0 Å². The summed E-state index contributed by atoms with van der Waals surface area (Å²) in [5.41, 5.74) is 0.414. The van der Waals surface area contributed by atoms with Gasteiger partial charge in [0, 0.05) is 25.3 Å². The predicted molar refractivity (Wildman–Crippen MR) is 115 cm³/mol. The smallest absolute Gasteiger partial charge is 0.286 e. The molecule has 0 aliphatic carbocycles. The van der Waals surface area contributed by atoms with Crippen molar-refractivity contribution in [3.63, 3.8) is 0 Å². The van der Waals surface area contributed by atoms with Crippen LogP contribution in [0.25, 0.3) is 0 Å². The first kappa shape index (κ1) is 22.8. The Bertz CT molecular complexity index is 931. The molecule has 1 aliphatic rings. The number of nitrogens with zero attached hydrogens (tertiary/aromatic N) is 3. The van der Waals surface area contributed by atoms with Gasteiger partial charge in [0.15, 0.2) is 0 Å². The highest BCUT2D eigenvalue weighted by molar-refractivity contribution is 7.15. The average molecular weight is 448 g/mol. The third-order valence-electron chi connectivity index (χ3n) is 5.00. The predicted octanol–water partition coefficient (Wildman–Crippen LogP) is 2.94. The molecule has 0 radical (unpaired) electrons. The van der Waals surface area contributed by atoms with E-state index in [1.165, 1.54) is 24.3 Å². The molecule has 3 amide bonds. The Morgan fingerprint density at radius 1 is 1.19 bits per heavy atom. The number of piperidine rings is 1. The number of carbonyl (C=O) groups excluding carboxylic acids is 3. The van der Waals surface area contributed by atoms with E-state index >= 15 is 0 Å². The van der Waals surface area contributed by atoms with Crippen molar-refractivity contribution in [1.29, 1.82) is 0 Å². The van der Waals surface area contributed by atoms with E-state index < -0.39 is 11.7 Å². The first-order valence-electron chi connectivity index (χ1n) is 10.3. The summed E-state index contributed by atoms with van der Waals surface area (Å²) >= 11 is 0.892. The van der Waals surface area contributed by atoms with Crippen LogP contribution >= 0.6 is 11.3 Å². The van der Waals surface area contributed by atoms with Crippen LogP contribution < -0.4 is 10.6 Å². The number of hydrogen-bond acceptors (Lipinski definition) is 6. The Kier molecular flexibility index (Phi) is 7.67. The first-order valence-corrected chi connectivity index (χ1v) is 11.1. The number of hydrogen-bond donors (Lipinski definition) is 2. The van der Waals surface area contributed by atoms with Crippen LogP contribution in [0.15, 0.2) is 24.3 Å². The second kappa shape index (κ2) is 10.4. The maximum absolute atomic E-state index is 13.0. The fourth-order valence-electron chi connectivity index (χ4n) is 3.26. The molecule has 8 nitrogen and oxygen atoms in total. The number of rotatable bonds is 7. The number of anilines is 1. The number of likely N-dealkylation sites (tertiary alicyclic amines) is 1. The molecular weight excluding hydrogens is 421 g/mol. The molecule has 2 N–H and O–H groups in total. The molecule has 0 unspecified atom stereocenters. The fourth-order valence-corrected chi connectivity index (χ4v) is 3.97. The maximum Gasteiger partial charge on any atom is 0.286 e. The molecule has 1 fully saturated rings. The normalized spacial score (nSPS) is 16.3. The first-order chi connectivity index (χ1) is 14.8. The van der Waals surface area contributed by atoms with Gasteiger partial charge in [0.2, 0.25) is 15.9 Å². The number of nitrogens with one attached hydrogen (secondary N) is 2. The molecule has 31 heavy (non-hydrogen) atoms. The Morgan fingerprint density at radius 3 is 2.61 bits per heavy atom. The van der Waals surface area contributed by atoms with Gasteiger partial charge in [0.1, 0.15) is 5.82 Å². The minimum Gasteiger partial charge on any atom is -0.356 e. The molecule has 0 bridgehead atoms. The van der Waals surface area contributed by atoms with E-state index in [1.807, 2.05) is 0 Å². The monoisotopic (exact) mass is 447 g/mol. The van der Waals surface area contributed by atoms with Gasteiger partial charge in [0.25, 0.3) is 11.8 Å². The van der Waals surface area contributed by atoms with Crippen LogP contribution in [0, 0.1) is 17.7 Å². The molecule has 1 aromatic heterocycles. The number of amides is 3. The molecule has 0 saturated carbocycles. The summed E-state index contributed by atoms with van der Waals surface area (Å²) in [5.74, 6) is -1.04. The van der Waals surface area contributed by atoms with Gasteiger partial charge in [-0.05, 0) is 49.4 Å². The van der Waals surface area contributed by atoms with Crippen LogP contribution in [-0.4, -0.2) is 52.5 Å². The van der Waals surface area contributed by atoms with Crippen molar-refractivity contribution in [3.05, 3.63) is 40.1 Å². The van der Waals surface area contributed by atoms with Crippen molar-refractivity contribution in [2.45, 2.75) is 33.1 Å².